The van der Waals surface area contributed by atoms with Crippen LogP contribution in [0.15, 0.2) is 0 Å². The summed E-state index contributed by atoms with van der Waals surface area (Å²) in [5.74, 6) is -0.780. The minimum atomic E-state index is -0.756. The van der Waals surface area contributed by atoms with Gasteiger partial charge in [0, 0.05) is 6.04 Å². The number of aliphatic hydroxyl groups is 1. The molecule has 0 aromatic heterocycles. The number of carbonyl (C=O) groups excluding carboxylic acids is 1. The lowest BCUT2D eigenvalue weighted by atomic mass is 9.83. The highest BCUT2D eigenvalue weighted by Gasteiger charge is 2.36. The van der Waals surface area contributed by atoms with E-state index in [1.807, 2.05) is 20.8 Å². The summed E-state index contributed by atoms with van der Waals surface area (Å²) < 4.78 is 5.24. The minimum absolute atomic E-state index is 0.295. The summed E-state index contributed by atoms with van der Waals surface area (Å²) in [7, 11) is 0. The second-order valence-electron chi connectivity index (χ2n) is 5.23. The van der Waals surface area contributed by atoms with E-state index >= 15 is 0 Å². The maximum absolute atomic E-state index is 11.7. The quantitative estimate of drug-likeness (QED) is 0.635. The molecule has 0 heterocycles. The van der Waals surface area contributed by atoms with E-state index in [0.29, 0.717) is 6.42 Å². The molecule has 1 rings (SSSR count). The third kappa shape index (κ3) is 3.47. The number of carbonyl (C=O) groups is 1. The van der Waals surface area contributed by atoms with Crippen LogP contribution in [0.2, 0.25) is 0 Å². The Morgan fingerprint density at radius 1 is 1.40 bits per heavy atom. The fourth-order valence-corrected chi connectivity index (χ4v) is 1.85. The minimum Gasteiger partial charge on any atom is -0.460 e. The Labute approximate surface area is 90.8 Å². The Morgan fingerprint density at radius 2 is 2.00 bits per heavy atom. The van der Waals surface area contributed by atoms with Crippen molar-refractivity contribution in [3.05, 3.63) is 0 Å². The van der Waals surface area contributed by atoms with Gasteiger partial charge in [0.1, 0.15) is 5.60 Å². The van der Waals surface area contributed by atoms with Crippen LogP contribution in [0.1, 0.15) is 40.0 Å². The van der Waals surface area contributed by atoms with Gasteiger partial charge in [-0.05, 0) is 33.6 Å². The second-order valence-corrected chi connectivity index (χ2v) is 5.23. The molecule has 0 aromatic rings. The number of rotatable bonds is 1. The summed E-state index contributed by atoms with van der Waals surface area (Å²) in [6, 6.07) is -0.295. The summed E-state index contributed by atoms with van der Waals surface area (Å²) in [5, 5.41) is 9.78. The average Bonchev–Trinajstić information content (AvgIpc) is 2.06. The highest BCUT2D eigenvalue weighted by atomic mass is 16.6. The first kappa shape index (κ1) is 12.5. The number of nitrogens with two attached hydrogens (primary N) is 1. The maximum atomic E-state index is 11.7. The Kier molecular flexibility index (Phi) is 3.73. The standard InChI is InChI=1S/C11H21NO3/c1-11(2,3)15-10(14)7-5-4-6-8(12)9(7)13/h7-9,13H,4-6,12H2,1-3H3/t7-,8+,9-/m1/s1. The number of hydrogen-bond acceptors (Lipinski definition) is 4. The lowest BCUT2D eigenvalue weighted by Gasteiger charge is -2.33. The van der Waals surface area contributed by atoms with E-state index in [2.05, 4.69) is 0 Å². The zero-order valence-corrected chi connectivity index (χ0v) is 9.69. The molecule has 15 heavy (non-hydrogen) atoms. The van der Waals surface area contributed by atoms with Crippen LogP contribution >= 0.6 is 0 Å². The van der Waals surface area contributed by atoms with Crippen LogP contribution in [0.4, 0.5) is 0 Å². The fourth-order valence-electron chi connectivity index (χ4n) is 1.85. The Hall–Kier alpha value is -0.610. The third-order valence-corrected chi connectivity index (χ3v) is 2.61. The van der Waals surface area contributed by atoms with Crippen molar-refractivity contribution in [2.24, 2.45) is 11.7 Å². The van der Waals surface area contributed by atoms with Gasteiger partial charge in [0.25, 0.3) is 0 Å². The lowest BCUT2D eigenvalue weighted by molar-refractivity contribution is -0.166. The predicted octanol–water partition coefficient (Wildman–Crippen LogP) is 0.816. The SMILES string of the molecule is CC(C)(C)OC(=O)[C@@H]1CCC[C@H](N)[C@@H]1O. The Morgan fingerprint density at radius 3 is 2.53 bits per heavy atom. The van der Waals surface area contributed by atoms with Gasteiger partial charge in [-0.15, -0.1) is 0 Å². The first-order valence-corrected chi connectivity index (χ1v) is 5.48. The molecule has 0 aromatic carbocycles. The number of aliphatic hydroxyl groups excluding tert-OH is 1. The van der Waals surface area contributed by atoms with E-state index in [0.717, 1.165) is 12.8 Å². The van der Waals surface area contributed by atoms with E-state index in [1.165, 1.54) is 0 Å². The summed E-state index contributed by atoms with van der Waals surface area (Å²) in [5.41, 5.74) is 5.21. The van der Waals surface area contributed by atoms with Crippen molar-refractivity contribution in [3.63, 3.8) is 0 Å². The normalized spacial score (nSPS) is 32.5. The Balaban J connectivity index is 2.59. The largest absolute Gasteiger partial charge is 0.460 e. The van der Waals surface area contributed by atoms with Crippen molar-refractivity contribution in [1.82, 2.24) is 0 Å². The molecule has 1 aliphatic rings. The van der Waals surface area contributed by atoms with Gasteiger partial charge >= 0.3 is 5.97 Å². The van der Waals surface area contributed by atoms with Crippen molar-refractivity contribution < 1.29 is 14.6 Å². The zero-order chi connectivity index (χ0) is 11.6. The molecule has 4 nitrogen and oxygen atoms in total. The van der Waals surface area contributed by atoms with Gasteiger partial charge in [-0.25, -0.2) is 0 Å². The van der Waals surface area contributed by atoms with E-state index in [1.54, 1.807) is 0 Å². The smallest absolute Gasteiger partial charge is 0.312 e. The van der Waals surface area contributed by atoms with Crippen LogP contribution in [0.5, 0.6) is 0 Å². The third-order valence-electron chi connectivity index (χ3n) is 2.61. The molecule has 1 fully saturated rings. The van der Waals surface area contributed by atoms with Crippen LogP contribution in [-0.4, -0.2) is 28.8 Å². The van der Waals surface area contributed by atoms with Crippen molar-refractivity contribution in [3.8, 4) is 0 Å². The Bertz CT molecular complexity index is 234. The van der Waals surface area contributed by atoms with Crippen molar-refractivity contribution in [2.45, 2.75) is 57.8 Å². The van der Waals surface area contributed by atoms with Crippen molar-refractivity contribution >= 4 is 5.97 Å². The lowest BCUT2D eigenvalue weighted by Crippen LogP contribution is -2.47. The van der Waals surface area contributed by atoms with Gasteiger partial charge < -0.3 is 15.6 Å². The van der Waals surface area contributed by atoms with Gasteiger partial charge in [-0.2, -0.15) is 0 Å². The van der Waals surface area contributed by atoms with E-state index in [9.17, 15) is 9.90 Å². The molecule has 0 saturated heterocycles. The molecule has 0 amide bonds. The molecular formula is C11H21NO3. The van der Waals surface area contributed by atoms with E-state index < -0.39 is 17.6 Å². The van der Waals surface area contributed by atoms with Gasteiger partial charge in [0.15, 0.2) is 0 Å². The first-order valence-electron chi connectivity index (χ1n) is 5.48. The average molecular weight is 215 g/mol. The molecule has 0 unspecified atom stereocenters. The van der Waals surface area contributed by atoms with E-state index in [-0.39, 0.29) is 12.0 Å². The van der Waals surface area contributed by atoms with Gasteiger partial charge in [0.05, 0.1) is 12.0 Å². The highest BCUT2D eigenvalue weighted by Crippen LogP contribution is 2.26. The molecule has 0 bridgehead atoms. The summed E-state index contributed by atoms with van der Waals surface area (Å²) in [4.78, 5) is 11.7. The van der Waals surface area contributed by atoms with Crippen LogP contribution in [0, 0.1) is 5.92 Å². The van der Waals surface area contributed by atoms with Crippen molar-refractivity contribution in [2.75, 3.05) is 0 Å². The molecule has 1 saturated carbocycles. The molecule has 0 aliphatic heterocycles. The van der Waals surface area contributed by atoms with Gasteiger partial charge in [0.2, 0.25) is 0 Å². The summed E-state index contributed by atoms with van der Waals surface area (Å²) in [6.07, 6.45) is 1.57. The first-order chi connectivity index (χ1) is 6.81. The van der Waals surface area contributed by atoms with Crippen LogP contribution in [0.25, 0.3) is 0 Å². The molecule has 0 radical (unpaired) electrons. The predicted molar refractivity (Wildman–Crippen MR) is 57.2 cm³/mol. The zero-order valence-electron chi connectivity index (χ0n) is 9.69. The molecular weight excluding hydrogens is 194 g/mol. The molecule has 0 spiro atoms. The topological polar surface area (TPSA) is 72.5 Å². The van der Waals surface area contributed by atoms with Crippen LogP contribution in [0.3, 0.4) is 0 Å². The van der Waals surface area contributed by atoms with Gasteiger partial charge in [-0.1, -0.05) is 6.42 Å². The highest BCUT2D eigenvalue weighted by molar-refractivity contribution is 5.73. The van der Waals surface area contributed by atoms with Gasteiger partial charge in [-0.3, -0.25) is 4.79 Å². The molecule has 3 N–H and O–H groups in total. The monoisotopic (exact) mass is 215 g/mol. The molecule has 4 heteroatoms. The molecule has 1 aliphatic carbocycles. The number of esters is 1. The summed E-state index contributed by atoms with van der Waals surface area (Å²) >= 11 is 0. The molecule has 88 valence electrons. The molecule has 3 atom stereocenters. The number of hydrogen-bond donors (Lipinski definition) is 2. The van der Waals surface area contributed by atoms with Crippen molar-refractivity contribution in [1.29, 1.82) is 0 Å². The second kappa shape index (κ2) is 4.49. The number of ether oxygens (including phenoxy) is 1. The van der Waals surface area contributed by atoms with Crippen LogP contribution in [-0.2, 0) is 9.53 Å². The van der Waals surface area contributed by atoms with E-state index in [4.69, 9.17) is 10.5 Å². The van der Waals surface area contributed by atoms with Crippen LogP contribution < -0.4 is 5.73 Å². The fraction of sp³-hybridized carbons (Fsp3) is 0.909. The maximum Gasteiger partial charge on any atom is 0.312 e. The summed E-state index contributed by atoms with van der Waals surface area (Å²) in [6.45, 7) is 5.46.